The van der Waals surface area contributed by atoms with Crippen molar-refractivity contribution < 1.29 is 9.90 Å². The molecule has 0 saturated carbocycles. The maximum Gasteiger partial charge on any atom is 0.306 e. The third-order valence-corrected chi connectivity index (χ3v) is 3.45. The van der Waals surface area contributed by atoms with E-state index in [0.29, 0.717) is 5.92 Å². The van der Waals surface area contributed by atoms with Crippen LogP contribution in [-0.2, 0) is 11.2 Å². The normalized spacial score (nSPS) is 14.6. The van der Waals surface area contributed by atoms with Crippen molar-refractivity contribution in [2.24, 2.45) is 11.8 Å². The summed E-state index contributed by atoms with van der Waals surface area (Å²) in [6.07, 6.45) is 0.825. The van der Waals surface area contributed by atoms with Crippen LogP contribution < -0.4 is 0 Å². The maximum absolute atomic E-state index is 10.9. The van der Waals surface area contributed by atoms with Gasteiger partial charge in [0.1, 0.15) is 0 Å². The molecule has 0 aliphatic heterocycles. The van der Waals surface area contributed by atoms with Crippen LogP contribution in [0.15, 0.2) is 24.3 Å². The first-order valence-electron chi connectivity index (χ1n) is 6.23. The number of carboxylic acids is 1. The molecule has 1 rings (SSSR count). The minimum Gasteiger partial charge on any atom is -0.481 e. The van der Waals surface area contributed by atoms with E-state index in [-0.39, 0.29) is 11.8 Å². The number of aliphatic carboxylic acids is 1. The molecule has 1 aromatic rings. The van der Waals surface area contributed by atoms with Crippen molar-refractivity contribution in [3.05, 3.63) is 35.4 Å². The number of benzene rings is 1. The number of hydrogen-bond donors (Lipinski definition) is 1. The predicted molar refractivity (Wildman–Crippen MR) is 70.2 cm³/mol. The van der Waals surface area contributed by atoms with Gasteiger partial charge in [0.2, 0.25) is 0 Å². The summed E-state index contributed by atoms with van der Waals surface area (Å²) in [5.74, 6) is -0.298. The van der Waals surface area contributed by atoms with Crippen LogP contribution in [0, 0.1) is 11.8 Å². The van der Waals surface area contributed by atoms with Gasteiger partial charge in [-0.1, -0.05) is 52.0 Å². The Labute approximate surface area is 104 Å². The largest absolute Gasteiger partial charge is 0.481 e. The Morgan fingerprint density at radius 1 is 1.12 bits per heavy atom. The molecule has 0 spiro atoms. The van der Waals surface area contributed by atoms with Crippen molar-refractivity contribution in [1.29, 1.82) is 0 Å². The van der Waals surface area contributed by atoms with Gasteiger partial charge in [-0.3, -0.25) is 4.79 Å². The second kappa shape index (κ2) is 5.85. The summed E-state index contributed by atoms with van der Waals surface area (Å²) in [4.78, 5) is 10.9. The molecular weight excluding hydrogens is 212 g/mol. The van der Waals surface area contributed by atoms with Crippen molar-refractivity contribution in [3.63, 3.8) is 0 Å². The fourth-order valence-corrected chi connectivity index (χ4v) is 1.83. The Morgan fingerprint density at radius 2 is 1.65 bits per heavy atom. The van der Waals surface area contributed by atoms with Gasteiger partial charge in [-0.15, -0.1) is 0 Å². The number of carboxylic acid groups (broad SMARTS) is 1. The van der Waals surface area contributed by atoms with Gasteiger partial charge in [-0.2, -0.15) is 0 Å². The summed E-state index contributed by atoms with van der Waals surface area (Å²) >= 11 is 0. The molecule has 0 aliphatic carbocycles. The summed E-state index contributed by atoms with van der Waals surface area (Å²) in [5.41, 5.74) is 2.54. The molecule has 94 valence electrons. The van der Waals surface area contributed by atoms with Gasteiger partial charge in [0, 0.05) is 0 Å². The van der Waals surface area contributed by atoms with Crippen LogP contribution in [0.3, 0.4) is 0 Å². The molecule has 0 fully saturated rings. The zero-order chi connectivity index (χ0) is 13.0. The van der Waals surface area contributed by atoms with Gasteiger partial charge in [0.25, 0.3) is 0 Å². The van der Waals surface area contributed by atoms with E-state index in [4.69, 9.17) is 5.11 Å². The molecule has 1 aromatic carbocycles. The van der Waals surface area contributed by atoms with E-state index < -0.39 is 5.97 Å². The van der Waals surface area contributed by atoms with Gasteiger partial charge < -0.3 is 5.11 Å². The standard InChI is InChI=1S/C15H22O2/c1-10(2)14-7-5-13(6-8-14)9-11(3)12(4)15(16)17/h5-8,10-12H,9H2,1-4H3,(H,16,17). The van der Waals surface area contributed by atoms with Gasteiger partial charge in [-0.05, 0) is 29.4 Å². The molecule has 2 nitrogen and oxygen atoms in total. The van der Waals surface area contributed by atoms with E-state index in [0.717, 1.165) is 6.42 Å². The van der Waals surface area contributed by atoms with Crippen LogP contribution in [0.1, 0.15) is 44.7 Å². The lowest BCUT2D eigenvalue weighted by atomic mass is 9.89. The Kier molecular flexibility index (Phi) is 4.73. The van der Waals surface area contributed by atoms with E-state index in [1.54, 1.807) is 6.92 Å². The van der Waals surface area contributed by atoms with Crippen LogP contribution in [0.2, 0.25) is 0 Å². The van der Waals surface area contributed by atoms with Crippen LogP contribution in [0.5, 0.6) is 0 Å². The highest BCUT2D eigenvalue weighted by Crippen LogP contribution is 2.20. The summed E-state index contributed by atoms with van der Waals surface area (Å²) in [5, 5.41) is 8.95. The van der Waals surface area contributed by atoms with Crippen molar-refractivity contribution in [2.75, 3.05) is 0 Å². The zero-order valence-corrected chi connectivity index (χ0v) is 11.1. The molecule has 0 saturated heterocycles. The van der Waals surface area contributed by atoms with Crippen LogP contribution in [0.4, 0.5) is 0 Å². The van der Waals surface area contributed by atoms with E-state index >= 15 is 0 Å². The van der Waals surface area contributed by atoms with Crippen molar-refractivity contribution in [1.82, 2.24) is 0 Å². The van der Waals surface area contributed by atoms with E-state index in [1.807, 2.05) is 6.92 Å². The molecule has 2 unspecified atom stereocenters. The van der Waals surface area contributed by atoms with Crippen LogP contribution >= 0.6 is 0 Å². The second-order valence-electron chi connectivity index (χ2n) is 5.20. The Bertz CT molecular complexity index is 365. The number of rotatable bonds is 5. The minimum atomic E-state index is -0.712. The number of hydrogen-bond acceptors (Lipinski definition) is 1. The molecule has 0 bridgehead atoms. The topological polar surface area (TPSA) is 37.3 Å². The monoisotopic (exact) mass is 234 g/mol. The average Bonchev–Trinajstić information content (AvgIpc) is 2.28. The van der Waals surface area contributed by atoms with E-state index in [9.17, 15) is 4.79 Å². The van der Waals surface area contributed by atoms with Crippen LogP contribution in [0.25, 0.3) is 0 Å². The van der Waals surface area contributed by atoms with Gasteiger partial charge in [-0.25, -0.2) is 0 Å². The molecule has 2 heteroatoms. The quantitative estimate of drug-likeness (QED) is 0.843. The summed E-state index contributed by atoms with van der Waals surface area (Å²) in [6, 6.07) is 8.50. The fraction of sp³-hybridized carbons (Fsp3) is 0.533. The molecule has 0 radical (unpaired) electrons. The Morgan fingerprint density at radius 3 is 2.06 bits per heavy atom. The first-order valence-corrected chi connectivity index (χ1v) is 6.23. The third kappa shape index (κ3) is 3.88. The first kappa shape index (κ1) is 13.8. The third-order valence-electron chi connectivity index (χ3n) is 3.45. The van der Waals surface area contributed by atoms with Crippen molar-refractivity contribution in [2.45, 2.75) is 40.0 Å². The maximum atomic E-state index is 10.9. The van der Waals surface area contributed by atoms with Crippen molar-refractivity contribution in [3.8, 4) is 0 Å². The highest BCUT2D eigenvalue weighted by molar-refractivity contribution is 5.69. The lowest BCUT2D eigenvalue weighted by Gasteiger charge is -2.16. The van der Waals surface area contributed by atoms with Gasteiger partial charge >= 0.3 is 5.97 Å². The summed E-state index contributed by atoms with van der Waals surface area (Å²) < 4.78 is 0. The van der Waals surface area contributed by atoms with E-state index in [1.165, 1.54) is 11.1 Å². The minimum absolute atomic E-state index is 0.164. The SMILES string of the molecule is CC(C)c1ccc(CC(C)C(C)C(=O)O)cc1. The van der Waals surface area contributed by atoms with Gasteiger partial charge in [0.15, 0.2) is 0 Å². The molecule has 17 heavy (non-hydrogen) atoms. The molecular formula is C15H22O2. The Balaban J connectivity index is 2.66. The molecule has 0 aromatic heterocycles. The molecule has 1 N–H and O–H groups in total. The lowest BCUT2D eigenvalue weighted by Crippen LogP contribution is -2.19. The van der Waals surface area contributed by atoms with Gasteiger partial charge in [0.05, 0.1) is 5.92 Å². The summed E-state index contributed by atoms with van der Waals surface area (Å²) in [6.45, 7) is 8.11. The highest BCUT2D eigenvalue weighted by Gasteiger charge is 2.19. The molecule has 2 atom stereocenters. The highest BCUT2D eigenvalue weighted by atomic mass is 16.4. The first-order chi connectivity index (χ1) is 7.91. The number of carbonyl (C=O) groups is 1. The molecule has 0 aliphatic rings. The fourth-order valence-electron chi connectivity index (χ4n) is 1.83. The molecule has 0 heterocycles. The predicted octanol–water partition coefficient (Wildman–Crippen LogP) is 3.71. The van der Waals surface area contributed by atoms with Crippen molar-refractivity contribution >= 4 is 5.97 Å². The Hall–Kier alpha value is -1.31. The molecule has 0 amide bonds. The average molecular weight is 234 g/mol. The second-order valence-corrected chi connectivity index (χ2v) is 5.20. The van der Waals surface area contributed by atoms with E-state index in [2.05, 4.69) is 38.1 Å². The smallest absolute Gasteiger partial charge is 0.306 e. The lowest BCUT2D eigenvalue weighted by molar-refractivity contribution is -0.142. The summed E-state index contributed by atoms with van der Waals surface area (Å²) in [7, 11) is 0. The zero-order valence-electron chi connectivity index (χ0n) is 11.1. The van der Waals surface area contributed by atoms with Crippen LogP contribution in [-0.4, -0.2) is 11.1 Å².